The second kappa shape index (κ2) is 6.41. The fourth-order valence-corrected chi connectivity index (χ4v) is 3.73. The molecule has 2 saturated heterocycles. The maximum Gasteiger partial charge on any atom is 0.239 e. The molecule has 0 aromatic heterocycles. The van der Waals surface area contributed by atoms with Crippen molar-refractivity contribution in [2.24, 2.45) is 5.73 Å². The zero-order valence-electron chi connectivity index (χ0n) is 12.1. The Balaban J connectivity index is 1.81. The van der Waals surface area contributed by atoms with Crippen molar-refractivity contribution in [2.75, 3.05) is 38.2 Å². The highest BCUT2D eigenvalue weighted by molar-refractivity contribution is 7.90. The number of nitrogens with zero attached hydrogens (tertiary/aromatic N) is 2. The van der Waals surface area contributed by atoms with Crippen molar-refractivity contribution >= 4 is 15.7 Å². The van der Waals surface area contributed by atoms with Crippen molar-refractivity contribution in [1.82, 2.24) is 9.80 Å². The lowest BCUT2D eigenvalue weighted by Gasteiger charge is -2.25. The number of carbonyl (C=O) groups excluding carboxylic acids is 1. The lowest BCUT2D eigenvalue weighted by atomic mass is 10.2. The van der Waals surface area contributed by atoms with E-state index in [1.54, 1.807) is 4.90 Å². The van der Waals surface area contributed by atoms with E-state index in [0.717, 1.165) is 32.6 Å². The second-order valence-electron chi connectivity index (χ2n) is 5.99. The quantitative estimate of drug-likeness (QED) is 0.736. The highest BCUT2D eigenvalue weighted by Gasteiger charge is 2.33. The van der Waals surface area contributed by atoms with Gasteiger partial charge in [-0.15, -0.1) is 0 Å². The summed E-state index contributed by atoms with van der Waals surface area (Å²) >= 11 is 0. The summed E-state index contributed by atoms with van der Waals surface area (Å²) in [4.78, 5) is 16.5. The van der Waals surface area contributed by atoms with Crippen LogP contribution in [0, 0.1) is 0 Å². The summed E-state index contributed by atoms with van der Waals surface area (Å²) in [5.41, 5.74) is 5.83. The molecular weight excluding hydrogens is 278 g/mol. The predicted octanol–water partition coefficient (Wildman–Crippen LogP) is -0.555. The molecule has 2 atom stereocenters. The molecule has 2 unspecified atom stereocenters. The van der Waals surface area contributed by atoms with Crippen molar-refractivity contribution in [3.8, 4) is 0 Å². The van der Waals surface area contributed by atoms with Crippen molar-refractivity contribution in [1.29, 1.82) is 0 Å². The van der Waals surface area contributed by atoms with Crippen LogP contribution in [0.25, 0.3) is 0 Å². The Morgan fingerprint density at radius 2 is 1.95 bits per heavy atom. The Kier molecular flexibility index (Phi) is 5.04. The number of hydrogen-bond acceptors (Lipinski definition) is 5. The Morgan fingerprint density at radius 1 is 1.30 bits per heavy atom. The lowest BCUT2D eigenvalue weighted by molar-refractivity contribution is -0.131. The smallest absolute Gasteiger partial charge is 0.239 e. The minimum Gasteiger partial charge on any atom is -0.340 e. The maximum atomic E-state index is 12.2. The van der Waals surface area contributed by atoms with Gasteiger partial charge in [0.05, 0.1) is 11.8 Å². The molecule has 116 valence electrons. The molecule has 20 heavy (non-hydrogen) atoms. The van der Waals surface area contributed by atoms with Gasteiger partial charge in [-0.25, -0.2) is 8.42 Å². The van der Waals surface area contributed by atoms with Gasteiger partial charge in [0.1, 0.15) is 9.84 Å². The summed E-state index contributed by atoms with van der Waals surface area (Å²) in [6.45, 7) is 3.75. The van der Waals surface area contributed by atoms with Gasteiger partial charge in [-0.3, -0.25) is 9.69 Å². The van der Waals surface area contributed by atoms with E-state index in [9.17, 15) is 13.2 Å². The molecule has 0 aliphatic carbocycles. The van der Waals surface area contributed by atoms with Gasteiger partial charge in [0.15, 0.2) is 0 Å². The first-order valence-corrected chi connectivity index (χ1v) is 9.39. The van der Waals surface area contributed by atoms with Crippen LogP contribution in [0.1, 0.15) is 25.7 Å². The second-order valence-corrected chi connectivity index (χ2v) is 8.25. The largest absolute Gasteiger partial charge is 0.340 e. The summed E-state index contributed by atoms with van der Waals surface area (Å²) in [6.07, 6.45) is 4.88. The molecule has 1 amide bonds. The molecule has 2 heterocycles. The summed E-state index contributed by atoms with van der Waals surface area (Å²) in [5, 5.41) is 0. The first-order chi connectivity index (χ1) is 9.37. The van der Waals surface area contributed by atoms with Crippen LogP contribution in [0.15, 0.2) is 0 Å². The van der Waals surface area contributed by atoms with Crippen LogP contribution < -0.4 is 5.73 Å². The van der Waals surface area contributed by atoms with Crippen molar-refractivity contribution in [3.63, 3.8) is 0 Å². The van der Waals surface area contributed by atoms with Gasteiger partial charge in [0.2, 0.25) is 5.91 Å². The number of nitrogens with two attached hydrogens (primary N) is 1. The standard InChI is InChI=1S/C13H25N3O3S/c1-20(18,19)9-5-12(14)13(17)16-8-4-11(10-16)15-6-2-3-7-15/h11-12H,2-10,14H2,1H3. The van der Waals surface area contributed by atoms with E-state index in [1.807, 2.05) is 0 Å². The first kappa shape index (κ1) is 15.7. The third-order valence-corrected chi connectivity index (χ3v) is 5.23. The molecule has 0 spiro atoms. The summed E-state index contributed by atoms with van der Waals surface area (Å²) < 4.78 is 22.2. The van der Waals surface area contributed by atoms with Crippen molar-refractivity contribution in [2.45, 2.75) is 37.8 Å². The van der Waals surface area contributed by atoms with Crippen LogP contribution in [0.3, 0.4) is 0 Å². The highest BCUT2D eigenvalue weighted by atomic mass is 32.2. The van der Waals surface area contributed by atoms with E-state index in [0.29, 0.717) is 6.04 Å². The molecule has 0 aromatic carbocycles. The van der Waals surface area contributed by atoms with E-state index in [-0.39, 0.29) is 18.1 Å². The lowest BCUT2D eigenvalue weighted by Crippen LogP contribution is -2.45. The average Bonchev–Trinajstić information content (AvgIpc) is 3.03. The van der Waals surface area contributed by atoms with E-state index in [4.69, 9.17) is 5.73 Å². The fourth-order valence-electron chi connectivity index (χ4n) is 3.05. The van der Waals surface area contributed by atoms with Gasteiger partial charge in [-0.05, 0) is 38.8 Å². The predicted molar refractivity (Wildman–Crippen MR) is 78.1 cm³/mol. The van der Waals surface area contributed by atoms with Gasteiger partial charge >= 0.3 is 0 Å². The van der Waals surface area contributed by atoms with Crippen molar-refractivity contribution < 1.29 is 13.2 Å². The molecule has 2 N–H and O–H groups in total. The number of hydrogen-bond donors (Lipinski definition) is 1. The Morgan fingerprint density at radius 3 is 2.55 bits per heavy atom. The van der Waals surface area contributed by atoms with Crippen LogP contribution in [0.2, 0.25) is 0 Å². The number of sulfone groups is 1. The van der Waals surface area contributed by atoms with Gasteiger partial charge < -0.3 is 10.6 Å². The van der Waals surface area contributed by atoms with E-state index in [1.165, 1.54) is 19.1 Å². The topological polar surface area (TPSA) is 83.7 Å². The van der Waals surface area contributed by atoms with Crippen LogP contribution in [-0.2, 0) is 14.6 Å². The van der Waals surface area contributed by atoms with Gasteiger partial charge in [-0.1, -0.05) is 0 Å². The summed E-state index contributed by atoms with van der Waals surface area (Å²) in [6, 6.07) is -0.231. The van der Waals surface area contributed by atoms with Crippen molar-refractivity contribution in [3.05, 3.63) is 0 Å². The van der Waals surface area contributed by atoms with E-state index < -0.39 is 15.9 Å². The number of rotatable bonds is 5. The molecule has 2 aliphatic heterocycles. The Hall–Kier alpha value is -0.660. The molecule has 0 radical (unpaired) electrons. The van der Waals surface area contributed by atoms with Gasteiger partial charge in [0, 0.05) is 25.4 Å². The van der Waals surface area contributed by atoms with Gasteiger partial charge in [-0.2, -0.15) is 0 Å². The molecule has 0 bridgehead atoms. The third kappa shape index (κ3) is 4.17. The molecule has 2 aliphatic rings. The molecule has 2 fully saturated rings. The Bertz CT molecular complexity index is 446. The zero-order chi connectivity index (χ0) is 14.8. The SMILES string of the molecule is CS(=O)(=O)CCC(N)C(=O)N1CCC(N2CCCC2)C1. The fraction of sp³-hybridized carbons (Fsp3) is 0.923. The van der Waals surface area contributed by atoms with E-state index in [2.05, 4.69) is 4.90 Å². The van der Waals surface area contributed by atoms with Crippen LogP contribution in [0.4, 0.5) is 0 Å². The van der Waals surface area contributed by atoms with Crippen LogP contribution in [0.5, 0.6) is 0 Å². The minimum atomic E-state index is -3.06. The maximum absolute atomic E-state index is 12.2. The molecule has 2 rings (SSSR count). The summed E-state index contributed by atoms with van der Waals surface area (Å²) in [5.74, 6) is -0.126. The number of likely N-dealkylation sites (tertiary alicyclic amines) is 2. The van der Waals surface area contributed by atoms with Gasteiger partial charge in [0.25, 0.3) is 0 Å². The van der Waals surface area contributed by atoms with Crippen LogP contribution >= 0.6 is 0 Å². The normalized spacial score (nSPS) is 26.1. The third-order valence-electron chi connectivity index (χ3n) is 4.25. The minimum absolute atomic E-state index is 0.0245. The molecular formula is C13H25N3O3S. The number of carbonyl (C=O) groups is 1. The van der Waals surface area contributed by atoms with Crippen LogP contribution in [-0.4, -0.2) is 74.4 Å². The molecule has 0 saturated carbocycles. The average molecular weight is 303 g/mol. The monoisotopic (exact) mass is 303 g/mol. The summed E-state index contributed by atoms with van der Waals surface area (Å²) in [7, 11) is -3.06. The molecule has 0 aromatic rings. The highest BCUT2D eigenvalue weighted by Crippen LogP contribution is 2.21. The molecule has 7 heteroatoms. The number of amides is 1. The van der Waals surface area contributed by atoms with E-state index >= 15 is 0 Å². The Labute approximate surface area is 121 Å². The zero-order valence-corrected chi connectivity index (χ0v) is 12.9. The first-order valence-electron chi connectivity index (χ1n) is 7.33. The molecule has 6 nitrogen and oxygen atoms in total.